The molecule has 1 aliphatic heterocycles. The lowest BCUT2D eigenvalue weighted by atomic mass is 9.93. The number of rotatable bonds is 3. The normalized spacial score (nSPS) is 16.6. The molecule has 1 fully saturated rings. The number of amides is 1. The van der Waals surface area contributed by atoms with Crippen molar-refractivity contribution in [1.29, 1.82) is 0 Å². The summed E-state index contributed by atoms with van der Waals surface area (Å²) in [6.45, 7) is 1.90. The molecular formula is C15H21N5O2. The van der Waals surface area contributed by atoms with Gasteiger partial charge in [-0.3, -0.25) is 14.7 Å². The molecule has 1 N–H and O–H groups in total. The zero-order valence-corrected chi connectivity index (χ0v) is 13.0. The maximum Gasteiger partial charge on any atom is 0.272 e. The van der Waals surface area contributed by atoms with Crippen molar-refractivity contribution in [2.24, 2.45) is 0 Å². The Balaban J connectivity index is 1.70. The zero-order chi connectivity index (χ0) is 15.7. The zero-order valence-electron chi connectivity index (χ0n) is 13.0. The largest absolute Gasteiger partial charge is 0.342 e. The van der Waals surface area contributed by atoms with Crippen LogP contribution in [0.15, 0.2) is 23.1 Å². The van der Waals surface area contributed by atoms with Crippen molar-refractivity contribution in [1.82, 2.24) is 24.4 Å². The molecule has 7 heteroatoms. The number of likely N-dealkylation sites (tertiary alicyclic amines) is 1. The topological polar surface area (TPSA) is 73.7 Å². The summed E-state index contributed by atoms with van der Waals surface area (Å²) in [5.74, 6) is 0.411. The van der Waals surface area contributed by atoms with Crippen LogP contribution >= 0.6 is 0 Å². The van der Waals surface area contributed by atoms with E-state index in [1.165, 1.54) is 4.52 Å². The predicted molar refractivity (Wildman–Crippen MR) is 82.9 cm³/mol. The minimum absolute atomic E-state index is 0.0869. The minimum Gasteiger partial charge on any atom is -0.342 e. The number of aromatic nitrogens is 3. The second kappa shape index (κ2) is 5.92. The molecule has 3 heterocycles. The van der Waals surface area contributed by atoms with Gasteiger partial charge in [-0.2, -0.15) is 0 Å². The van der Waals surface area contributed by atoms with Gasteiger partial charge >= 0.3 is 0 Å². The van der Waals surface area contributed by atoms with Gasteiger partial charge in [-0.05, 0) is 26.9 Å². The fourth-order valence-electron chi connectivity index (χ4n) is 2.95. The van der Waals surface area contributed by atoms with Crippen LogP contribution in [0.4, 0.5) is 0 Å². The molecule has 3 rings (SSSR count). The molecule has 0 atom stereocenters. The van der Waals surface area contributed by atoms with Crippen LogP contribution in [-0.4, -0.2) is 64.0 Å². The Morgan fingerprint density at radius 3 is 2.82 bits per heavy atom. The molecule has 2 aromatic heterocycles. The molecule has 22 heavy (non-hydrogen) atoms. The summed E-state index contributed by atoms with van der Waals surface area (Å²) in [6, 6.07) is 3.39. The summed E-state index contributed by atoms with van der Waals surface area (Å²) in [7, 11) is 3.79. The fraction of sp³-hybridized carbons (Fsp3) is 0.533. The molecule has 0 spiro atoms. The van der Waals surface area contributed by atoms with E-state index >= 15 is 0 Å². The number of H-pyrrole nitrogens is 1. The van der Waals surface area contributed by atoms with Crippen molar-refractivity contribution < 1.29 is 4.79 Å². The first kappa shape index (κ1) is 14.8. The first-order valence-electron chi connectivity index (χ1n) is 7.54. The number of nitrogens with one attached hydrogen (secondary N) is 1. The Kier molecular flexibility index (Phi) is 3.98. The van der Waals surface area contributed by atoms with Crippen LogP contribution in [0.3, 0.4) is 0 Å². The first-order chi connectivity index (χ1) is 10.5. The Hall–Kier alpha value is -2.15. The highest BCUT2D eigenvalue weighted by molar-refractivity contribution is 5.78. The lowest BCUT2D eigenvalue weighted by Gasteiger charge is -2.32. The lowest BCUT2D eigenvalue weighted by molar-refractivity contribution is -0.132. The van der Waals surface area contributed by atoms with Gasteiger partial charge in [0.2, 0.25) is 5.91 Å². The molecule has 2 aromatic rings. The van der Waals surface area contributed by atoms with Gasteiger partial charge in [0.15, 0.2) is 5.65 Å². The standard InChI is InChI=1S/C15H21N5O2/c1-18(2)10-15(22)19-7-4-11(5-8-19)12-9-14(21)20-13(17-12)3-6-16-20/h3,6,9,11,16H,4-5,7-8,10H2,1-2H3. The van der Waals surface area contributed by atoms with Gasteiger partial charge in [0.05, 0.1) is 12.2 Å². The lowest BCUT2D eigenvalue weighted by Crippen LogP contribution is -2.42. The second-order valence-electron chi connectivity index (χ2n) is 6.07. The Morgan fingerprint density at radius 1 is 1.41 bits per heavy atom. The van der Waals surface area contributed by atoms with Crippen LogP contribution < -0.4 is 5.56 Å². The van der Waals surface area contributed by atoms with E-state index in [9.17, 15) is 9.59 Å². The van der Waals surface area contributed by atoms with Crippen LogP contribution in [0.25, 0.3) is 5.65 Å². The van der Waals surface area contributed by atoms with Crippen molar-refractivity contribution in [3.8, 4) is 0 Å². The fourth-order valence-corrected chi connectivity index (χ4v) is 2.95. The maximum absolute atomic E-state index is 12.1. The van der Waals surface area contributed by atoms with E-state index in [1.807, 2.05) is 23.9 Å². The number of carbonyl (C=O) groups excluding carboxylic acids is 1. The summed E-state index contributed by atoms with van der Waals surface area (Å²) in [5.41, 5.74) is 1.40. The van der Waals surface area contributed by atoms with Crippen molar-refractivity contribution in [3.63, 3.8) is 0 Å². The Morgan fingerprint density at radius 2 is 2.14 bits per heavy atom. The van der Waals surface area contributed by atoms with Gasteiger partial charge in [-0.25, -0.2) is 9.50 Å². The van der Waals surface area contributed by atoms with Crippen molar-refractivity contribution in [3.05, 3.63) is 34.4 Å². The molecule has 1 amide bonds. The molecule has 0 bridgehead atoms. The molecule has 7 nitrogen and oxygen atoms in total. The van der Waals surface area contributed by atoms with E-state index < -0.39 is 0 Å². The summed E-state index contributed by atoms with van der Waals surface area (Å²) in [4.78, 5) is 32.4. The Labute approximate surface area is 128 Å². The van der Waals surface area contributed by atoms with Crippen LogP contribution in [-0.2, 0) is 4.79 Å². The third kappa shape index (κ3) is 2.89. The third-order valence-corrected chi connectivity index (χ3v) is 4.12. The Bertz CT molecular complexity index is 725. The summed E-state index contributed by atoms with van der Waals surface area (Å²) >= 11 is 0. The summed E-state index contributed by atoms with van der Waals surface area (Å²) in [5, 5.41) is 2.84. The van der Waals surface area contributed by atoms with E-state index in [0.717, 1.165) is 31.6 Å². The van der Waals surface area contributed by atoms with E-state index in [-0.39, 0.29) is 17.4 Å². The van der Waals surface area contributed by atoms with Gasteiger partial charge in [-0.15, -0.1) is 0 Å². The minimum atomic E-state index is -0.0869. The van der Waals surface area contributed by atoms with Gasteiger partial charge in [0, 0.05) is 37.3 Å². The van der Waals surface area contributed by atoms with Gasteiger partial charge in [0.1, 0.15) is 0 Å². The van der Waals surface area contributed by atoms with E-state index in [4.69, 9.17) is 0 Å². The van der Waals surface area contributed by atoms with Crippen molar-refractivity contribution in [2.75, 3.05) is 33.7 Å². The number of likely N-dealkylation sites (N-methyl/N-ethyl adjacent to an activating group) is 1. The van der Waals surface area contributed by atoms with Crippen LogP contribution in [0.1, 0.15) is 24.5 Å². The van der Waals surface area contributed by atoms with Crippen LogP contribution in [0.5, 0.6) is 0 Å². The van der Waals surface area contributed by atoms with E-state index in [1.54, 1.807) is 18.3 Å². The predicted octanol–water partition coefficient (Wildman–Crippen LogP) is 0.290. The van der Waals surface area contributed by atoms with E-state index in [0.29, 0.717) is 12.2 Å². The SMILES string of the molecule is CN(C)CC(=O)N1CCC(c2cc(=O)n3[nH]ccc3n2)CC1. The second-order valence-corrected chi connectivity index (χ2v) is 6.07. The third-order valence-electron chi connectivity index (χ3n) is 4.12. The van der Waals surface area contributed by atoms with E-state index in [2.05, 4.69) is 10.1 Å². The molecular weight excluding hydrogens is 282 g/mol. The number of aromatic amines is 1. The quantitative estimate of drug-likeness (QED) is 0.884. The summed E-state index contributed by atoms with van der Waals surface area (Å²) in [6.07, 6.45) is 3.41. The van der Waals surface area contributed by atoms with Gasteiger partial charge in [0.25, 0.3) is 5.56 Å². The summed E-state index contributed by atoms with van der Waals surface area (Å²) < 4.78 is 1.43. The number of nitrogens with zero attached hydrogens (tertiary/aromatic N) is 4. The number of hydrogen-bond donors (Lipinski definition) is 1. The molecule has 0 aliphatic carbocycles. The number of hydrogen-bond acceptors (Lipinski definition) is 4. The highest BCUT2D eigenvalue weighted by Crippen LogP contribution is 2.26. The van der Waals surface area contributed by atoms with Crippen LogP contribution in [0, 0.1) is 0 Å². The van der Waals surface area contributed by atoms with Crippen molar-refractivity contribution in [2.45, 2.75) is 18.8 Å². The molecule has 0 aromatic carbocycles. The van der Waals surface area contributed by atoms with Gasteiger partial charge in [-0.1, -0.05) is 0 Å². The first-order valence-corrected chi connectivity index (χ1v) is 7.54. The highest BCUT2D eigenvalue weighted by atomic mass is 16.2. The molecule has 1 saturated heterocycles. The number of carbonyl (C=O) groups is 1. The van der Waals surface area contributed by atoms with Gasteiger partial charge < -0.3 is 9.80 Å². The molecule has 118 valence electrons. The van der Waals surface area contributed by atoms with Crippen LogP contribution in [0.2, 0.25) is 0 Å². The maximum atomic E-state index is 12.1. The highest BCUT2D eigenvalue weighted by Gasteiger charge is 2.25. The number of fused-ring (bicyclic) bond motifs is 1. The smallest absolute Gasteiger partial charge is 0.272 e. The molecule has 0 unspecified atom stereocenters. The average Bonchev–Trinajstić information content (AvgIpc) is 2.95. The number of piperidine rings is 1. The molecule has 1 aliphatic rings. The molecule has 0 saturated carbocycles. The monoisotopic (exact) mass is 303 g/mol. The molecule has 0 radical (unpaired) electrons. The average molecular weight is 303 g/mol. The van der Waals surface area contributed by atoms with Crippen molar-refractivity contribution >= 4 is 11.6 Å².